The summed E-state index contributed by atoms with van der Waals surface area (Å²) in [7, 11) is -3.24. The lowest BCUT2D eigenvalue weighted by molar-refractivity contribution is -0.130. The second-order valence-electron chi connectivity index (χ2n) is 6.32. The van der Waals surface area contributed by atoms with Crippen molar-refractivity contribution in [1.82, 2.24) is 9.80 Å². The van der Waals surface area contributed by atoms with Crippen molar-refractivity contribution < 1.29 is 13.2 Å². The van der Waals surface area contributed by atoms with Gasteiger partial charge in [0.15, 0.2) is 9.84 Å². The third-order valence-electron chi connectivity index (χ3n) is 4.60. The van der Waals surface area contributed by atoms with Crippen molar-refractivity contribution in [3.05, 3.63) is 35.4 Å². The number of nitrogens with zero attached hydrogens (tertiary/aromatic N) is 2. The fourth-order valence-corrected chi connectivity index (χ4v) is 4.08. The van der Waals surface area contributed by atoms with Crippen molar-refractivity contribution in [2.45, 2.75) is 18.9 Å². The molecule has 1 aromatic carbocycles. The van der Waals surface area contributed by atoms with Gasteiger partial charge in [-0.2, -0.15) is 0 Å². The molecule has 0 aromatic heterocycles. The Balaban J connectivity index is 1.54. The summed E-state index contributed by atoms with van der Waals surface area (Å²) in [5, 5.41) is 0. The number of rotatable bonds is 3. The molecule has 0 spiro atoms. The Kier molecular flexibility index (Phi) is 4.23. The molecule has 2 aliphatic rings. The molecule has 1 aliphatic heterocycles. The predicted molar refractivity (Wildman–Crippen MR) is 85.5 cm³/mol. The largest absolute Gasteiger partial charge is 0.339 e. The van der Waals surface area contributed by atoms with Crippen LogP contribution in [0.4, 0.5) is 0 Å². The maximum atomic E-state index is 11.9. The van der Waals surface area contributed by atoms with Gasteiger partial charge in [-0.25, -0.2) is 8.42 Å². The van der Waals surface area contributed by atoms with E-state index in [1.807, 2.05) is 0 Å². The highest BCUT2D eigenvalue weighted by atomic mass is 32.2. The summed E-state index contributed by atoms with van der Waals surface area (Å²) in [6, 6.07) is 9.08. The van der Waals surface area contributed by atoms with Crippen LogP contribution in [0.3, 0.4) is 0 Å². The van der Waals surface area contributed by atoms with Crippen molar-refractivity contribution in [3.8, 4) is 0 Å². The molecule has 0 bridgehead atoms. The highest BCUT2D eigenvalue weighted by Gasteiger charge is 2.30. The van der Waals surface area contributed by atoms with Crippen LogP contribution in [0.15, 0.2) is 24.3 Å². The molecule has 0 radical (unpaired) electrons. The van der Waals surface area contributed by atoms with Gasteiger partial charge >= 0.3 is 0 Å². The fourth-order valence-electron chi connectivity index (χ4n) is 3.45. The second kappa shape index (κ2) is 6.01. The first kappa shape index (κ1) is 15.5. The Morgan fingerprint density at radius 2 is 1.64 bits per heavy atom. The van der Waals surface area contributed by atoms with E-state index < -0.39 is 9.84 Å². The molecule has 6 heteroatoms. The van der Waals surface area contributed by atoms with Crippen LogP contribution in [-0.2, 0) is 27.5 Å². The lowest BCUT2D eigenvalue weighted by Gasteiger charge is -2.38. The average Bonchev–Trinajstić information content (AvgIpc) is 2.89. The fraction of sp³-hybridized carbons (Fsp3) is 0.562. The van der Waals surface area contributed by atoms with Gasteiger partial charge < -0.3 is 4.90 Å². The Labute approximate surface area is 131 Å². The van der Waals surface area contributed by atoms with Crippen LogP contribution in [0.25, 0.3) is 0 Å². The number of piperazine rings is 1. The maximum absolute atomic E-state index is 11.9. The van der Waals surface area contributed by atoms with Gasteiger partial charge in [0.05, 0.1) is 0 Å². The van der Waals surface area contributed by atoms with E-state index in [-0.39, 0.29) is 11.7 Å². The zero-order valence-electron chi connectivity index (χ0n) is 12.9. The molecule has 22 heavy (non-hydrogen) atoms. The van der Waals surface area contributed by atoms with Crippen molar-refractivity contribution in [2.75, 3.05) is 38.2 Å². The molecular formula is C16H22N2O3S. The zero-order chi connectivity index (χ0) is 15.7. The molecule has 0 unspecified atom stereocenters. The zero-order valence-corrected chi connectivity index (χ0v) is 13.7. The SMILES string of the molecule is CS(=O)(=O)CC(=O)N1CCN(C2Cc3ccccc3C2)CC1. The lowest BCUT2D eigenvalue weighted by Crippen LogP contribution is -2.53. The van der Waals surface area contributed by atoms with Gasteiger partial charge in [-0.15, -0.1) is 0 Å². The number of hydrogen-bond donors (Lipinski definition) is 0. The quantitative estimate of drug-likeness (QED) is 0.805. The van der Waals surface area contributed by atoms with Crippen LogP contribution in [0.5, 0.6) is 0 Å². The van der Waals surface area contributed by atoms with Gasteiger partial charge in [-0.05, 0) is 24.0 Å². The van der Waals surface area contributed by atoms with Crippen LogP contribution in [0.1, 0.15) is 11.1 Å². The number of sulfone groups is 1. The topological polar surface area (TPSA) is 57.7 Å². The standard InChI is InChI=1S/C16H22N2O3S/c1-22(20,21)12-16(19)18-8-6-17(7-9-18)15-10-13-4-2-3-5-14(13)11-15/h2-5,15H,6-12H2,1H3. The number of benzene rings is 1. The summed E-state index contributed by atoms with van der Waals surface area (Å²) < 4.78 is 22.5. The van der Waals surface area contributed by atoms with E-state index in [4.69, 9.17) is 0 Å². The molecule has 0 N–H and O–H groups in total. The van der Waals surface area contributed by atoms with Crippen LogP contribution >= 0.6 is 0 Å². The van der Waals surface area contributed by atoms with Gasteiger partial charge in [-0.3, -0.25) is 9.69 Å². The van der Waals surface area contributed by atoms with E-state index in [1.165, 1.54) is 11.1 Å². The number of carbonyl (C=O) groups excluding carboxylic acids is 1. The molecule has 1 aromatic rings. The monoisotopic (exact) mass is 322 g/mol. The minimum absolute atomic E-state index is 0.267. The van der Waals surface area contributed by atoms with E-state index in [2.05, 4.69) is 29.2 Å². The summed E-state index contributed by atoms with van der Waals surface area (Å²) in [5.41, 5.74) is 2.87. The predicted octanol–water partition coefficient (Wildman–Crippen LogP) is 0.343. The second-order valence-corrected chi connectivity index (χ2v) is 8.46. The van der Waals surface area contributed by atoms with Gasteiger partial charge in [0.2, 0.25) is 5.91 Å². The Hall–Kier alpha value is -1.40. The first-order chi connectivity index (χ1) is 10.4. The number of fused-ring (bicyclic) bond motifs is 1. The molecule has 0 saturated carbocycles. The van der Waals surface area contributed by atoms with Crippen LogP contribution in [-0.4, -0.2) is 68.4 Å². The van der Waals surface area contributed by atoms with Gasteiger partial charge in [0, 0.05) is 38.5 Å². The maximum Gasteiger partial charge on any atom is 0.237 e. The van der Waals surface area contributed by atoms with Crippen molar-refractivity contribution in [1.29, 1.82) is 0 Å². The van der Waals surface area contributed by atoms with Crippen molar-refractivity contribution in [3.63, 3.8) is 0 Å². The van der Waals surface area contributed by atoms with E-state index in [9.17, 15) is 13.2 Å². The first-order valence-electron chi connectivity index (χ1n) is 7.69. The van der Waals surface area contributed by atoms with E-state index >= 15 is 0 Å². The number of carbonyl (C=O) groups is 1. The molecule has 1 amide bonds. The number of amides is 1. The molecule has 3 rings (SSSR count). The first-order valence-corrected chi connectivity index (χ1v) is 9.75. The molecule has 1 heterocycles. The molecule has 120 valence electrons. The molecule has 0 atom stereocenters. The molecule has 1 aliphatic carbocycles. The summed E-state index contributed by atoms with van der Waals surface area (Å²) in [4.78, 5) is 16.1. The summed E-state index contributed by atoms with van der Waals surface area (Å²) in [5.74, 6) is -0.640. The third kappa shape index (κ3) is 3.50. The van der Waals surface area contributed by atoms with Gasteiger partial charge in [0.25, 0.3) is 0 Å². The van der Waals surface area contributed by atoms with Crippen molar-refractivity contribution in [2.24, 2.45) is 0 Å². The third-order valence-corrected chi connectivity index (χ3v) is 5.37. The van der Waals surface area contributed by atoms with Gasteiger partial charge in [-0.1, -0.05) is 24.3 Å². The minimum atomic E-state index is -3.24. The van der Waals surface area contributed by atoms with Crippen LogP contribution in [0.2, 0.25) is 0 Å². The van der Waals surface area contributed by atoms with Gasteiger partial charge in [0.1, 0.15) is 5.75 Å². The van der Waals surface area contributed by atoms with E-state index in [1.54, 1.807) is 4.90 Å². The molecule has 5 nitrogen and oxygen atoms in total. The van der Waals surface area contributed by atoms with Crippen LogP contribution in [0, 0.1) is 0 Å². The van der Waals surface area contributed by atoms with E-state index in [0.717, 1.165) is 32.2 Å². The molecular weight excluding hydrogens is 300 g/mol. The number of hydrogen-bond acceptors (Lipinski definition) is 4. The normalized spacial score (nSPS) is 20.1. The summed E-state index contributed by atoms with van der Waals surface area (Å²) in [6.45, 7) is 2.91. The van der Waals surface area contributed by atoms with Crippen LogP contribution < -0.4 is 0 Å². The highest BCUT2D eigenvalue weighted by Crippen LogP contribution is 2.26. The van der Waals surface area contributed by atoms with E-state index in [0.29, 0.717) is 19.1 Å². The average molecular weight is 322 g/mol. The minimum Gasteiger partial charge on any atom is -0.339 e. The summed E-state index contributed by atoms with van der Waals surface area (Å²) >= 11 is 0. The summed E-state index contributed by atoms with van der Waals surface area (Å²) in [6.07, 6.45) is 3.26. The lowest BCUT2D eigenvalue weighted by atomic mass is 10.1. The molecule has 1 saturated heterocycles. The highest BCUT2D eigenvalue weighted by molar-refractivity contribution is 7.91. The molecule has 1 fully saturated rings. The Bertz CT molecular complexity index is 639. The van der Waals surface area contributed by atoms with Crippen molar-refractivity contribution >= 4 is 15.7 Å². The smallest absolute Gasteiger partial charge is 0.237 e. The Morgan fingerprint density at radius 1 is 1.09 bits per heavy atom. The Morgan fingerprint density at radius 3 is 2.14 bits per heavy atom.